The molecule has 0 amide bonds. The van der Waals surface area contributed by atoms with E-state index in [1.165, 1.54) is 0 Å². The number of rotatable bonds is 8. The van der Waals surface area contributed by atoms with Crippen molar-refractivity contribution in [1.29, 1.82) is 0 Å². The maximum atomic E-state index is 9.83. The van der Waals surface area contributed by atoms with Gasteiger partial charge >= 0.3 is 0 Å². The van der Waals surface area contributed by atoms with E-state index in [9.17, 15) is 5.11 Å². The van der Waals surface area contributed by atoms with E-state index < -0.39 is 0 Å². The average molecular weight is 551 g/mol. The molecule has 0 aliphatic carbocycles. The molecule has 1 aromatic heterocycles. The number of nitrogens with zero attached hydrogens (tertiary/aromatic N) is 5. The predicted molar refractivity (Wildman–Crippen MR) is 158 cm³/mol. The summed E-state index contributed by atoms with van der Waals surface area (Å²) in [4.78, 5) is 19.4. The predicted octanol–water partition coefficient (Wildman–Crippen LogP) is 3.04. The molecule has 0 spiro atoms. The number of pyridine rings is 1. The second-order valence-corrected chi connectivity index (χ2v) is 10.5. The molecule has 2 N–H and O–H groups in total. The molecule has 5 rings (SSSR count). The normalized spacial score (nSPS) is 20.3. The van der Waals surface area contributed by atoms with Crippen molar-refractivity contribution in [3.63, 3.8) is 0 Å². The van der Waals surface area contributed by atoms with Gasteiger partial charge in [0.1, 0.15) is 17.4 Å². The molecule has 10 heteroatoms. The number of ether oxygens (including phenoxy) is 3. The van der Waals surface area contributed by atoms with Crippen molar-refractivity contribution in [2.24, 2.45) is 9.98 Å². The highest BCUT2D eigenvalue weighted by molar-refractivity contribution is 6.04. The van der Waals surface area contributed by atoms with Crippen LogP contribution < -0.4 is 10.1 Å². The van der Waals surface area contributed by atoms with Crippen LogP contribution in [-0.4, -0.2) is 111 Å². The summed E-state index contributed by atoms with van der Waals surface area (Å²) in [7, 11) is 3.43. The fraction of sp³-hybridized carbons (Fsp3) is 0.567. The van der Waals surface area contributed by atoms with Gasteiger partial charge in [0.05, 0.1) is 50.6 Å². The first-order chi connectivity index (χ1) is 19.7. The van der Waals surface area contributed by atoms with E-state index in [1.54, 1.807) is 7.11 Å². The summed E-state index contributed by atoms with van der Waals surface area (Å²) in [5.41, 5.74) is 3.33. The van der Waals surface area contributed by atoms with Crippen molar-refractivity contribution < 1.29 is 19.3 Å². The van der Waals surface area contributed by atoms with E-state index in [1.807, 2.05) is 37.7 Å². The summed E-state index contributed by atoms with van der Waals surface area (Å²) in [6.45, 7) is 6.74. The Morgan fingerprint density at radius 1 is 1.05 bits per heavy atom. The van der Waals surface area contributed by atoms with Crippen molar-refractivity contribution in [2.45, 2.75) is 44.4 Å². The molecular formula is C30H42N6O4. The number of anilines is 1. The number of aromatic nitrogens is 1. The molecular weight excluding hydrogens is 508 g/mol. The second-order valence-electron chi connectivity index (χ2n) is 10.5. The number of aliphatic hydroxyl groups excluding tert-OH is 1. The molecule has 3 aliphatic rings. The van der Waals surface area contributed by atoms with Gasteiger partial charge in [0.2, 0.25) is 0 Å². The Morgan fingerprint density at radius 2 is 1.80 bits per heavy atom. The van der Waals surface area contributed by atoms with Crippen LogP contribution in [0.15, 0.2) is 40.3 Å². The van der Waals surface area contributed by atoms with Crippen molar-refractivity contribution in [1.82, 2.24) is 14.8 Å². The molecule has 3 fully saturated rings. The molecule has 2 aromatic rings. The summed E-state index contributed by atoms with van der Waals surface area (Å²) in [6.07, 6.45) is 6.20. The Morgan fingerprint density at radius 3 is 2.50 bits per heavy atom. The first-order valence-electron chi connectivity index (χ1n) is 14.4. The van der Waals surface area contributed by atoms with Gasteiger partial charge in [-0.25, -0.2) is 4.98 Å². The lowest BCUT2D eigenvalue weighted by Gasteiger charge is -2.38. The first kappa shape index (κ1) is 28.5. The topological polar surface area (TPSA) is 104 Å². The Labute approximate surface area is 237 Å². The van der Waals surface area contributed by atoms with Crippen molar-refractivity contribution in [3.8, 4) is 17.0 Å². The fourth-order valence-electron chi connectivity index (χ4n) is 5.83. The number of aliphatic hydroxyl groups is 1. The van der Waals surface area contributed by atoms with Gasteiger partial charge in [-0.15, -0.1) is 0 Å². The summed E-state index contributed by atoms with van der Waals surface area (Å²) in [6, 6.07) is 10.8. The smallest absolute Gasteiger partial charge is 0.142 e. The largest absolute Gasteiger partial charge is 0.496 e. The van der Waals surface area contributed by atoms with Gasteiger partial charge in [-0.2, -0.15) is 0 Å². The van der Waals surface area contributed by atoms with E-state index in [2.05, 4.69) is 26.2 Å². The number of aliphatic imine (C=N–C) groups is 2. The maximum absolute atomic E-state index is 9.83. The number of amidine groups is 1. The Bertz CT molecular complexity index is 1170. The van der Waals surface area contributed by atoms with Crippen LogP contribution in [0.5, 0.6) is 5.75 Å². The highest BCUT2D eigenvalue weighted by Gasteiger charge is 2.26. The van der Waals surface area contributed by atoms with Gasteiger partial charge in [0.15, 0.2) is 0 Å². The average Bonchev–Trinajstić information content (AvgIpc) is 3.03. The molecule has 0 radical (unpaired) electrons. The van der Waals surface area contributed by atoms with Gasteiger partial charge in [-0.3, -0.25) is 9.98 Å². The third kappa shape index (κ3) is 6.80. The lowest BCUT2D eigenvalue weighted by atomic mass is 10.0. The van der Waals surface area contributed by atoms with Crippen LogP contribution in [0.25, 0.3) is 11.3 Å². The van der Waals surface area contributed by atoms with Crippen LogP contribution in [0.4, 0.5) is 5.82 Å². The molecule has 10 nitrogen and oxygen atoms in total. The van der Waals surface area contributed by atoms with Crippen LogP contribution >= 0.6 is 0 Å². The number of likely N-dealkylation sites (tertiary alicyclic amines) is 1. The first-order valence-corrected chi connectivity index (χ1v) is 14.4. The zero-order valence-electron chi connectivity index (χ0n) is 23.7. The minimum absolute atomic E-state index is 0.107. The second kappa shape index (κ2) is 14.0. The third-order valence-electron chi connectivity index (χ3n) is 8.10. The monoisotopic (exact) mass is 550 g/mol. The lowest BCUT2D eigenvalue weighted by Crippen LogP contribution is -2.44. The molecule has 216 valence electrons. The number of nitrogens with one attached hydrogen (secondary N) is 1. The van der Waals surface area contributed by atoms with E-state index in [0.717, 1.165) is 93.3 Å². The van der Waals surface area contributed by atoms with Crippen LogP contribution in [0, 0.1) is 0 Å². The SMILES string of the molecule is CN=C(c1ccc(-c2ccc(OC)c(CO)c2)nc1NC=NC1CCN(C2CCOCC2)CC1)N1CCOCC1. The Kier molecular flexibility index (Phi) is 9.99. The number of hydrogen-bond donors (Lipinski definition) is 2. The zero-order valence-corrected chi connectivity index (χ0v) is 23.7. The van der Waals surface area contributed by atoms with Crippen LogP contribution in [0.2, 0.25) is 0 Å². The maximum Gasteiger partial charge on any atom is 0.142 e. The van der Waals surface area contributed by atoms with Crippen LogP contribution in [-0.2, 0) is 16.1 Å². The van der Waals surface area contributed by atoms with Gasteiger partial charge in [-0.05, 0) is 56.0 Å². The molecule has 1 aromatic carbocycles. The van der Waals surface area contributed by atoms with Gasteiger partial charge in [-0.1, -0.05) is 0 Å². The lowest BCUT2D eigenvalue weighted by molar-refractivity contribution is 0.0256. The Hall–Kier alpha value is -3.05. The zero-order chi connectivity index (χ0) is 27.7. The number of piperidine rings is 1. The van der Waals surface area contributed by atoms with E-state index in [4.69, 9.17) is 24.2 Å². The minimum atomic E-state index is -0.107. The molecule has 0 atom stereocenters. The van der Waals surface area contributed by atoms with Crippen molar-refractivity contribution in [3.05, 3.63) is 41.5 Å². The molecule has 0 bridgehead atoms. The molecule has 3 saturated heterocycles. The van der Waals surface area contributed by atoms with E-state index in [0.29, 0.717) is 36.9 Å². The Balaban J connectivity index is 1.34. The summed E-state index contributed by atoms with van der Waals surface area (Å²) < 4.78 is 16.5. The number of methoxy groups -OCH3 is 1. The molecule has 3 aliphatic heterocycles. The summed E-state index contributed by atoms with van der Waals surface area (Å²) in [5.74, 6) is 2.24. The minimum Gasteiger partial charge on any atom is -0.496 e. The van der Waals surface area contributed by atoms with Crippen LogP contribution in [0.3, 0.4) is 0 Å². The van der Waals surface area contributed by atoms with Gasteiger partial charge < -0.3 is 34.4 Å². The summed E-state index contributed by atoms with van der Waals surface area (Å²) >= 11 is 0. The third-order valence-corrected chi connectivity index (χ3v) is 8.10. The standard InChI is InChI=1S/C30H42N6O4/c1-31-30(36-13-17-40-18-14-36)26-4-5-27(22-3-6-28(38-2)23(19-22)20-37)34-29(26)33-21-32-24-7-11-35(12-8-24)25-9-15-39-16-10-25/h3-6,19,21,24-25,37H,7-18,20H2,1-2H3,(H,32,33,34). The highest BCUT2D eigenvalue weighted by atomic mass is 16.5. The van der Waals surface area contributed by atoms with E-state index >= 15 is 0 Å². The number of morpholine rings is 1. The molecule has 0 unspecified atom stereocenters. The quantitative estimate of drug-likeness (QED) is 0.382. The van der Waals surface area contributed by atoms with Crippen molar-refractivity contribution >= 4 is 18.0 Å². The fourth-order valence-corrected chi connectivity index (χ4v) is 5.83. The molecule has 4 heterocycles. The molecule has 40 heavy (non-hydrogen) atoms. The van der Waals surface area contributed by atoms with Crippen LogP contribution in [0.1, 0.15) is 36.8 Å². The van der Waals surface area contributed by atoms with Gasteiger partial charge in [0, 0.05) is 63.6 Å². The number of hydrogen-bond acceptors (Lipinski definition) is 8. The summed E-state index contributed by atoms with van der Waals surface area (Å²) in [5, 5.41) is 13.2. The van der Waals surface area contributed by atoms with Crippen molar-refractivity contribution in [2.75, 3.05) is 72.1 Å². The highest BCUT2D eigenvalue weighted by Crippen LogP contribution is 2.28. The molecule has 0 saturated carbocycles. The van der Waals surface area contributed by atoms with E-state index in [-0.39, 0.29) is 6.61 Å². The van der Waals surface area contributed by atoms with Gasteiger partial charge in [0.25, 0.3) is 0 Å². The number of benzene rings is 1.